The highest BCUT2D eigenvalue weighted by Crippen LogP contribution is 2.45. The molecule has 0 aromatic heterocycles. The molecule has 0 saturated carbocycles. The molecule has 0 radical (unpaired) electrons. The first-order chi connectivity index (χ1) is 32.8. The molecule has 2 aliphatic rings. The van der Waals surface area contributed by atoms with E-state index in [-0.39, 0.29) is 56.6 Å². The van der Waals surface area contributed by atoms with E-state index in [1.54, 1.807) is 41.5 Å². The molecule has 2 aliphatic carbocycles. The van der Waals surface area contributed by atoms with E-state index in [4.69, 9.17) is 29.8 Å². The van der Waals surface area contributed by atoms with Crippen molar-refractivity contribution in [1.29, 1.82) is 0 Å². The van der Waals surface area contributed by atoms with E-state index in [1.165, 1.54) is 0 Å². The second kappa shape index (κ2) is 26.1. The lowest BCUT2D eigenvalue weighted by Gasteiger charge is -2.24. The second-order valence-corrected chi connectivity index (χ2v) is 18.7. The zero-order valence-electron chi connectivity index (χ0n) is 41.2. The van der Waals surface area contributed by atoms with Crippen molar-refractivity contribution in [2.75, 3.05) is 26.3 Å². The maximum absolute atomic E-state index is 12.7. The fourth-order valence-corrected chi connectivity index (χ4v) is 7.70. The number of nitrogens with one attached hydrogen (secondary N) is 3. The lowest BCUT2D eigenvalue weighted by atomic mass is 9.98. The highest BCUT2D eigenvalue weighted by molar-refractivity contribution is 5.85. The molecule has 6 N–H and O–H groups in total. The molecule has 0 aliphatic heterocycles. The van der Waals surface area contributed by atoms with Crippen LogP contribution >= 0.6 is 0 Å². The SMILES string of the molecule is CC(C)(C)OC(=O)[C@H](CCC(=O)O)NC(=O)OCC1c2ccccc2-c2ccccc21.CCCN.CCCNC(=O)CC[C@H](NC(=O)OCC1c2ccccc2-c2ccccc21)C(=O)OC(C)(C)C. The second-order valence-electron chi connectivity index (χ2n) is 18.7. The maximum atomic E-state index is 12.7. The van der Waals surface area contributed by atoms with Gasteiger partial charge < -0.3 is 45.7 Å². The number of carbonyl (C=O) groups is 6. The van der Waals surface area contributed by atoms with Crippen molar-refractivity contribution in [3.63, 3.8) is 0 Å². The van der Waals surface area contributed by atoms with Gasteiger partial charge in [0, 0.05) is 31.2 Å². The Morgan fingerprint density at radius 2 is 0.899 bits per heavy atom. The topological polar surface area (TPSA) is 222 Å². The quantitative estimate of drug-likeness (QED) is 0.0494. The van der Waals surface area contributed by atoms with Crippen LogP contribution in [0, 0.1) is 0 Å². The molecule has 0 unspecified atom stereocenters. The Balaban J connectivity index is 0.000000280. The average Bonchev–Trinajstić information content (AvgIpc) is 3.80. The fraction of sp³-hybridized carbons (Fsp3) is 0.444. The van der Waals surface area contributed by atoms with Crippen molar-refractivity contribution in [3.8, 4) is 22.3 Å². The first-order valence-corrected chi connectivity index (χ1v) is 23.6. The third-order valence-corrected chi connectivity index (χ3v) is 10.8. The van der Waals surface area contributed by atoms with Gasteiger partial charge in [0.25, 0.3) is 0 Å². The largest absolute Gasteiger partial charge is 0.481 e. The van der Waals surface area contributed by atoms with Gasteiger partial charge in [0.2, 0.25) is 5.91 Å². The van der Waals surface area contributed by atoms with Crippen molar-refractivity contribution >= 4 is 36.0 Å². The predicted molar refractivity (Wildman–Crippen MR) is 264 cm³/mol. The number of ether oxygens (including phenoxy) is 4. The van der Waals surface area contributed by atoms with Gasteiger partial charge in [0.1, 0.15) is 36.5 Å². The summed E-state index contributed by atoms with van der Waals surface area (Å²) in [4.78, 5) is 73.2. The summed E-state index contributed by atoms with van der Waals surface area (Å²) in [6.45, 7) is 16.0. The average molecular weight is 951 g/mol. The van der Waals surface area contributed by atoms with E-state index in [0.717, 1.165) is 63.9 Å². The van der Waals surface area contributed by atoms with Crippen LogP contribution in [0.4, 0.5) is 9.59 Å². The number of benzene rings is 4. The number of carboxylic acids is 1. The van der Waals surface area contributed by atoms with Gasteiger partial charge in [-0.05, 0) is 118 Å². The number of esters is 2. The minimum atomic E-state index is -1.11. The van der Waals surface area contributed by atoms with Gasteiger partial charge >= 0.3 is 30.1 Å². The van der Waals surface area contributed by atoms with Crippen molar-refractivity contribution in [2.24, 2.45) is 5.73 Å². The molecule has 372 valence electrons. The van der Waals surface area contributed by atoms with E-state index < -0.39 is 53.4 Å². The number of rotatable bonds is 17. The lowest BCUT2D eigenvalue weighted by Crippen LogP contribution is -2.45. The molecular weight excluding hydrogens is 881 g/mol. The Labute approximate surface area is 406 Å². The molecule has 0 saturated heterocycles. The van der Waals surface area contributed by atoms with Crippen LogP contribution in [0.5, 0.6) is 0 Å². The van der Waals surface area contributed by atoms with Crippen LogP contribution in [0.15, 0.2) is 97.1 Å². The summed E-state index contributed by atoms with van der Waals surface area (Å²) in [6, 6.07) is 30.0. The minimum Gasteiger partial charge on any atom is -0.481 e. The Kier molecular flexibility index (Phi) is 20.8. The van der Waals surface area contributed by atoms with E-state index in [2.05, 4.69) is 35.0 Å². The minimum absolute atomic E-state index is 0.0852. The number of carboxylic acid groups (broad SMARTS) is 1. The van der Waals surface area contributed by atoms with Crippen LogP contribution in [0.25, 0.3) is 22.3 Å². The number of fused-ring (bicyclic) bond motifs is 6. The Morgan fingerprint density at radius 1 is 0.565 bits per heavy atom. The van der Waals surface area contributed by atoms with Crippen LogP contribution in [0.3, 0.4) is 0 Å². The molecule has 15 heteroatoms. The molecule has 0 spiro atoms. The zero-order chi connectivity index (χ0) is 50.7. The van der Waals surface area contributed by atoms with E-state index in [9.17, 15) is 28.8 Å². The fourth-order valence-electron chi connectivity index (χ4n) is 7.70. The summed E-state index contributed by atoms with van der Waals surface area (Å²) in [5.74, 6) is -2.73. The molecule has 3 amide bonds. The first kappa shape index (κ1) is 54.9. The van der Waals surface area contributed by atoms with Crippen LogP contribution < -0.4 is 21.7 Å². The number of hydrogen-bond acceptors (Lipinski definition) is 11. The Hall–Kier alpha value is -6.74. The van der Waals surface area contributed by atoms with Gasteiger partial charge in [0.15, 0.2) is 0 Å². The number of nitrogens with two attached hydrogens (primary N) is 1. The number of carbonyl (C=O) groups excluding carboxylic acids is 5. The molecule has 2 atom stereocenters. The summed E-state index contributed by atoms with van der Waals surface area (Å²) >= 11 is 0. The van der Waals surface area contributed by atoms with Gasteiger partial charge in [-0.25, -0.2) is 19.2 Å². The molecule has 0 heterocycles. The van der Waals surface area contributed by atoms with Gasteiger partial charge in [-0.15, -0.1) is 0 Å². The van der Waals surface area contributed by atoms with Crippen LogP contribution in [0.2, 0.25) is 0 Å². The summed E-state index contributed by atoms with van der Waals surface area (Å²) in [7, 11) is 0. The van der Waals surface area contributed by atoms with Crippen molar-refractivity contribution < 1.29 is 52.8 Å². The van der Waals surface area contributed by atoms with Crippen molar-refractivity contribution in [2.45, 2.75) is 129 Å². The predicted octanol–water partition coefficient (Wildman–Crippen LogP) is 9.00. The van der Waals surface area contributed by atoms with Crippen molar-refractivity contribution in [3.05, 3.63) is 119 Å². The normalized spacial score (nSPS) is 13.2. The maximum Gasteiger partial charge on any atom is 0.407 e. The van der Waals surface area contributed by atoms with Gasteiger partial charge in [-0.1, -0.05) is 111 Å². The van der Waals surface area contributed by atoms with E-state index in [0.29, 0.717) is 6.54 Å². The number of aliphatic carboxylic acids is 1. The summed E-state index contributed by atoms with van der Waals surface area (Å²) in [5.41, 5.74) is 12.4. The number of amides is 3. The molecule has 69 heavy (non-hydrogen) atoms. The highest BCUT2D eigenvalue weighted by Gasteiger charge is 2.33. The van der Waals surface area contributed by atoms with Gasteiger partial charge in [0.05, 0.1) is 0 Å². The Morgan fingerprint density at radius 3 is 1.20 bits per heavy atom. The lowest BCUT2D eigenvalue weighted by molar-refractivity contribution is -0.158. The monoisotopic (exact) mass is 951 g/mol. The molecule has 4 aromatic carbocycles. The molecular formula is C54H70N4O11. The Bertz CT molecular complexity index is 2280. The van der Waals surface area contributed by atoms with Gasteiger partial charge in [-0.2, -0.15) is 0 Å². The summed E-state index contributed by atoms with van der Waals surface area (Å²) in [5, 5.41) is 16.8. The molecule has 15 nitrogen and oxygen atoms in total. The third-order valence-electron chi connectivity index (χ3n) is 10.8. The number of alkyl carbamates (subject to hydrolysis) is 2. The van der Waals surface area contributed by atoms with Crippen LogP contribution in [-0.2, 0) is 38.1 Å². The first-order valence-electron chi connectivity index (χ1n) is 23.6. The molecule has 0 fully saturated rings. The summed E-state index contributed by atoms with van der Waals surface area (Å²) in [6.07, 6.45) is 0.249. The highest BCUT2D eigenvalue weighted by atomic mass is 16.6. The smallest absolute Gasteiger partial charge is 0.407 e. The standard InChI is InChI=1S/C27H34N2O5.C24H27NO6.C3H9N/c1-5-16-28-24(30)15-14-23(25(31)34-27(2,3)4)29-26(32)33-17-22-20-12-8-6-10-18(20)19-11-7-9-13-21(19)22;1-24(2,3)31-22(28)20(12-13-21(26)27)25-23(29)30-14-19-17-10-6-4-8-15(17)16-9-5-7-11-18(16)19;1-2-3-4/h6-13,22-23H,5,14-17H2,1-4H3,(H,28,30)(H,29,32);4-11,19-20H,12-14H2,1-3H3,(H,25,29)(H,26,27);2-4H2,1H3/t23-;20-;/m00./s1. The molecule has 0 bridgehead atoms. The van der Waals surface area contributed by atoms with E-state index >= 15 is 0 Å². The third kappa shape index (κ3) is 17.1. The van der Waals surface area contributed by atoms with Crippen LogP contribution in [0.1, 0.15) is 128 Å². The zero-order valence-corrected chi connectivity index (χ0v) is 41.2. The molecule has 4 aromatic rings. The van der Waals surface area contributed by atoms with Crippen molar-refractivity contribution in [1.82, 2.24) is 16.0 Å². The molecule has 6 rings (SSSR count). The van der Waals surface area contributed by atoms with E-state index in [1.807, 2.05) is 91.9 Å². The van der Waals surface area contributed by atoms with Gasteiger partial charge in [-0.3, -0.25) is 9.59 Å². The summed E-state index contributed by atoms with van der Waals surface area (Å²) < 4.78 is 21.8. The van der Waals surface area contributed by atoms with Crippen LogP contribution in [-0.4, -0.2) is 90.7 Å². The number of hydrogen-bond donors (Lipinski definition) is 5.